The van der Waals surface area contributed by atoms with Crippen molar-refractivity contribution in [2.24, 2.45) is 0 Å². The van der Waals surface area contributed by atoms with E-state index >= 15 is 0 Å². The van der Waals surface area contributed by atoms with Crippen molar-refractivity contribution in [3.63, 3.8) is 0 Å². The molecule has 102 valence electrons. The van der Waals surface area contributed by atoms with Gasteiger partial charge in [-0.2, -0.15) is 11.8 Å². The summed E-state index contributed by atoms with van der Waals surface area (Å²) in [4.78, 5) is 0.0962. The monoisotopic (exact) mass is 291 g/mol. The quantitative estimate of drug-likeness (QED) is 0.786. The molecule has 0 saturated heterocycles. The minimum atomic E-state index is -3.54. The van der Waals surface area contributed by atoms with Crippen LogP contribution in [0.3, 0.4) is 0 Å². The van der Waals surface area contributed by atoms with Crippen molar-refractivity contribution in [1.29, 1.82) is 0 Å². The highest BCUT2D eigenvalue weighted by molar-refractivity contribution is 7.99. The Morgan fingerprint density at radius 3 is 2.50 bits per heavy atom. The smallest absolute Gasteiger partial charge is 0.208 e. The average Bonchev–Trinajstić information content (AvgIpc) is 2.29. The normalized spacial score (nSPS) is 13.5. The molecule has 1 N–H and O–H groups in total. The van der Waals surface area contributed by atoms with Crippen molar-refractivity contribution in [2.45, 2.75) is 31.2 Å². The largest absolute Gasteiger partial charge is 0.240 e. The minimum absolute atomic E-state index is 0.0962. The van der Waals surface area contributed by atoms with Crippen LogP contribution < -0.4 is 4.72 Å². The zero-order valence-corrected chi connectivity index (χ0v) is 12.2. The van der Waals surface area contributed by atoms with E-state index in [-0.39, 0.29) is 10.9 Å². The summed E-state index contributed by atoms with van der Waals surface area (Å²) in [5.41, 5.74) is 0. The first kappa shape index (κ1) is 15.5. The fourth-order valence-electron chi connectivity index (χ4n) is 1.41. The molecule has 0 heterocycles. The van der Waals surface area contributed by atoms with Gasteiger partial charge in [0.2, 0.25) is 10.0 Å². The Bertz CT molecular complexity index is 459. The number of sulfonamides is 1. The second-order valence-electron chi connectivity index (χ2n) is 3.96. The lowest BCUT2D eigenvalue weighted by Gasteiger charge is -2.13. The third-order valence-corrected chi connectivity index (χ3v) is 4.92. The van der Waals surface area contributed by atoms with E-state index in [4.69, 9.17) is 0 Å². The number of halogens is 1. The van der Waals surface area contributed by atoms with Gasteiger partial charge in [-0.05, 0) is 49.1 Å². The van der Waals surface area contributed by atoms with Crippen molar-refractivity contribution < 1.29 is 12.8 Å². The van der Waals surface area contributed by atoms with E-state index in [1.54, 1.807) is 11.8 Å². The molecule has 0 bridgehead atoms. The van der Waals surface area contributed by atoms with E-state index in [2.05, 4.69) is 11.6 Å². The molecule has 0 saturated carbocycles. The molecule has 0 aromatic heterocycles. The molecule has 1 atom stereocenters. The Morgan fingerprint density at radius 1 is 1.33 bits per heavy atom. The minimum Gasteiger partial charge on any atom is -0.208 e. The van der Waals surface area contributed by atoms with Gasteiger partial charge in [0, 0.05) is 6.04 Å². The van der Waals surface area contributed by atoms with E-state index < -0.39 is 15.8 Å². The predicted octanol–water partition coefficient (Wildman–Crippen LogP) is 2.64. The van der Waals surface area contributed by atoms with E-state index in [0.717, 1.165) is 30.1 Å². The zero-order valence-electron chi connectivity index (χ0n) is 10.5. The van der Waals surface area contributed by atoms with Crippen LogP contribution in [0.15, 0.2) is 29.2 Å². The van der Waals surface area contributed by atoms with Crippen molar-refractivity contribution in [1.82, 2.24) is 4.72 Å². The Morgan fingerprint density at radius 2 is 1.94 bits per heavy atom. The maximum atomic E-state index is 12.7. The lowest BCUT2D eigenvalue weighted by Crippen LogP contribution is -2.33. The molecule has 0 spiro atoms. The Labute approximate surface area is 112 Å². The van der Waals surface area contributed by atoms with Gasteiger partial charge in [-0.1, -0.05) is 6.92 Å². The van der Waals surface area contributed by atoms with E-state index in [1.807, 2.05) is 6.92 Å². The van der Waals surface area contributed by atoms with Crippen LogP contribution in [0.5, 0.6) is 0 Å². The van der Waals surface area contributed by atoms with Crippen LogP contribution in [0.1, 0.15) is 20.3 Å². The second-order valence-corrected chi connectivity index (χ2v) is 7.07. The number of nitrogens with one attached hydrogen (secondary N) is 1. The lowest BCUT2D eigenvalue weighted by atomic mass is 10.3. The van der Waals surface area contributed by atoms with Crippen molar-refractivity contribution in [2.75, 3.05) is 11.5 Å². The molecule has 1 aromatic carbocycles. The third-order valence-electron chi connectivity index (χ3n) is 2.38. The fraction of sp³-hybridized carbons (Fsp3) is 0.500. The standard InChI is InChI=1S/C12H18FNO2S2/c1-3-17-9-8-10(2)14-18(15,16)12-6-4-11(13)5-7-12/h4-7,10,14H,3,8-9H2,1-2H3. The number of hydrogen-bond donors (Lipinski definition) is 1. The molecule has 3 nitrogen and oxygen atoms in total. The van der Waals surface area contributed by atoms with Crippen LogP contribution in [0.2, 0.25) is 0 Å². The summed E-state index contributed by atoms with van der Waals surface area (Å²) in [5.74, 6) is 1.50. The first-order chi connectivity index (χ1) is 8.45. The molecular formula is C12H18FNO2S2. The number of hydrogen-bond acceptors (Lipinski definition) is 3. The van der Waals surface area contributed by atoms with Gasteiger partial charge in [-0.15, -0.1) is 0 Å². The summed E-state index contributed by atoms with van der Waals surface area (Å²) in [6.07, 6.45) is 0.777. The summed E-state index contributed by atoms with van der Waals surface area (Å²) < 4.78 is 39.2. The van der Waals surface area contributed by atoms with Gasteiger partial charge < -0.3 is 0 Å². The zero-order chi connectivity index (χ0) is 13.6. The highest BCUT2D eigenvalue weighted by Crippen LogP contribution is 2.11. The highest BCUT2D eigenvalue weighted by atomic mass is 32.2. The second kappa shape index (κ2) is 7.11. The summed E-state index contributed by atoms with van der Waals surface area (Å²) in [5, 5.41) is 0. The molecule has 6 heteroatoms. The molecule has 1 rings (SSSR count). The van der Waals surface area contributed by atoms with Crippen LogP contribution >= 0.6 is 11.8 Å². The van der Waals surface area contributed by atoms with Gasteiger partial charge in [-0.3, -0.25) is 0 Å². The molecule has 1 unspecified atom stereocenters. The number of benzene rings is 1. The van der Waals surface area contributed by atoms with Crippen molar-refractivity contribution in [3.05, 3.63) is 30.1 Å². The molecule has 1 aromatic rings. The summed E-state index contributed by atoms with van der Waals surface area (Å²) in [6, 6.07) is 4.70. The summed E-state index contributed by atoms with van der Waals surface area (Å²) in [7, 11) is -3.54. The Hall–Kier alpha value is -0.590. The average molecular weight is 291 g/mol. The van der Waals surface area contributed by atoms with Gasteiger partial charge in [0.05, 0.1) is 4.90 Å². The first-order valence-electron chi connectivity index (χ1n) is 5.81. The molecule has 0 amide bonds. The van der Waals surface area contributed by atoms with Gasteiger partial charge in [0.25, 0.3) is 0 Å². The van der Waals surface area contributed by atoms with Crippen LogP contribution in [-0.4, -0.2) is 26.0 Å². The van der Waals surface area contributed by atoms with Crippen molar-refractivity contribution >= 4 is 21.8 Å². The molecule has 18 heavy (non-hydrogen) atoms. The van der Waals surface area contributed by atoms with Crippen LogP contribution in [-0.2, 0) is 10.0 Å². The Balaban J connectivity index is 2.61. The lowest BCUT2D eigenvalue weighted by molar-refractivity contribution is 0.556. The van der Waals surface area contributed by atoms with Gasteiger partial charge in [0.1, 0.15) is 5.82 Å². The number of rotatable bonds is 7. The van der Waals surface area contributed by atoms with Crippen molar-refractivity contribution in [3.8, 4) is 0 Å². The van der Waals surface area contributed by atoms with Crippen LogP contribution in [0.25, 0.3) is 0 Å². The summed E-state index contributed by atoms with van der Waals surface area (Å²) >= 11 is 1.78. The molecular weight excluding hydrogens is 273 g/mol. The fourth-order valence-corrected chi connectivity index (χ4v) is 3.50. The summed E-state index contributed by atoms with van der Waals surface area (Å²) in [6.45, 7) is 3.90. The number of thioether (sulfide) groups is 1. The molecule has 0 aliphatic carbocycles. The van der Waals surface area contributed by atoms with Gasteiger partial charge in [-0.25, -0.2) is 17.5 Å². The van der Waals surface area contributed by atoms with Crippen LogP contribution in [0.4, 0.5) is 4.39 Å². The third kappa shape index (κ3) is 4.96. The molecule has 0 fully saturated rings. The topological polar surface area (TPSA) is 46.2 Å². The molecule has 0 aliphatic rings. The molecule has 0 radical (unpaired) electrons. The van der Waals surface area contributed by atoms with E-state index in [9.17, 15) is 12.8 Å². The maximum Gasteiger partial charge on any atom is 0.240 e. The predicted molar refractivity (Wildman–Crippen MR) is 73.8 cm³/mol. The molecule has 0 aliphatic heterocycles. The maximum absolute atomic E-state index is 12.7. The van der Waals surface area contributed by atoms with E-state index in [0.29, 0.717) is 0 Å². The van der Waals surface area contributed by atoms with E-state index in [1.165, 1.54) is 12.1 Å². The first-order valence-corrected chi connectivity index (χ1v) is 8.45. The Kier molecular flexibility index (Phi) is 6.11. The highest BCUT2D eigenvalue weighted by Gasteiger charge is 2.16. The SMILES string of the molecule is CCSCCC(C)NS(=O)(=O)c1ccc(F)cc1. The van der Waals surface area contributed by atoms with Gasteiger partial charge in [0.15, 0.2) is 0 Å². The van der Waals surface area contributed by atoms with Gasteiger partial charge >= 0.3 is 0 Å². The van der Waals surface area contributed by atoms with Crippen LogP contribution in [0, 0.1) is 5.82 Å².